The lowest BCUT2D eigenvalue weighted by Gasteiger charge is -2.36. The van der Waals surface area contributed by atoms with Gasteiger partial charge in [-0.1, -0.05) is 27.4 Å². The van der Waals surface area contributed by atoms with Crippen LogP contribution in [0.5, 0.6) is 0 Å². The molecule has 2 nitrogen and oxygen atoms in total. The number of amides is 1. The van der Waals surface area contributed by atoms with Crippen LogP contribution >= 0.6 is 0 Å². The van der Waals surface area contributed by atoms with Crippen molar-refractivity contribution in [3.8, 4) is 0 Å². The van der Waals surface area contributed by atoms with Crippen molar-refractivity contribution in [2.75, 3.05) is 6.54 Å². The molecular formula is C12H23NO. The highest BCUT2D eigenvalue weighted by atomic mass is 16.2. The molecule has 0 saturated carbocycles. The zero-order valence-electron chi connectivity index (χ0n) is 9.92. The quantitative estimate of drug-likeness (QED) is 0.592. The van der Waals surface area contributed by atoms with Gasteiger partial charge in [0.2, 0.25) is 5.91 Å². The minimum Gasteiger partial charge on any atom is -0.336 e. The van der Waals surface area contributed by atoms with Gasteiger partial charge < -0.3 is 4.90 Å². The van der Waals surface area contributed by atoms with E-state index in [4.69, 9.17) is 0 Å². The minimum atomic E-state index is 0.0778. The Labute approximate surface area is 88.0 Å². The SMILES string of the molecule is C=CC(=O)N1C[C@H](C)CC[C@@H]1C.CC. The Morgan fingerprint density at radius 1 is 1.36 bits per heavy atom. The summed E-state index contributed by atoms with van der Waals surface area (Å²) in [5.74, 6) is 0.721. The van der Waals surface area contributed by atoms with Gasteiger partial charge in [-0.15, -0.1) is 0 Å². The minimum absolute atomic E-state index is 0.0778. The van der Waals surface area contributed by atoms with Gasteiger partial charge in [0.05, 0.1) is 0 Å². The van der Waals surface area contributed by atoms with Crippen molar-refractivity contribution in [1.29, 1.82) is 0 Å². The molecule has 2 atom stereocenters. The van der Waals surface area contributed by atoms with E-state index >= 15 is 0 Å². The average molecular weight is 197 g/mol. The summed E-state index contributed by atoms with van der Waals surface area (Å²) in [5, 5.41) is 0. The zero-order valence-corrected chi connectivity index (χ0v) is 9.92. The zero-order chi connectivity index (χ0) is 11.1. The van der Waals surface area contributed by atoms with Crippen LogP contribution in [-0.2, 0) is 4.79 Å². The molecule has 14 heavy (non-hydrogen) atoms. The predicted molar refractivity (Wildman–Crippen MR) is 61.1 cm³/mol. The molecule has 2 heteroatoms. The smallest absolute Gasteiger partial charge is 0.246 e. The second kappa shape index (κ2) is 6.63. The van der Waals surface area contributed by atoms with Crippen molar-refractivity contribution in [1.82, 2.24) is 4.90 Å². The summed E-state index contributed by atoms with van der Waals surface area (Å²) >= 11 is 0. The number of likely N-dealkylation sites (tertiary alicyclic amines) is 1. The maximum Gasteiger partial charge on any atom is 0.246 e. The second-order valence-electron chi connectivity index (χ2n) is 3.73. The largest absolute Gasteiger partial charge is 0.336 e. The van der Waals surface area contributed by atoms with Gasteiger partial charge in [-0.05, 0) is 31.8 Å². The Balaban J connectivity index is 0.000000791. The summed E-state index contributed by atoms with van der Waals surface area (Å²) in [6.45, 7) is 12.7. The molecule has 1 amide bonds. The summed E-state index contributed by atoms with van der Waals surface area (Å²) < 4.78 is 0. The van der Waals surface area contributed by atoms with Crippen LogP contribution in [0.1, 0.15) is 40.5 Å². The summed E-state index contributed by atoms with van der Waals surface area (Å²) in [6, 6.07) is 0.395. The molecule has 1 aliphatic rings. The number of hydrogen-bond acceptors (Lipinski definition) is 1. The predicted octanol–water partition coefficient (Wildman–Crippen LogP) is 2.85. The molecule has 0 radical (unpaired) electrons. The molecule has 1 fully saturated rings. The lowest BCUT2D eigenvalue weighted by atomic mass is 9.95. The van der Waals surface area contributed by atoms with E-state index in [1.54, 1.807) is 0 Å². The molecule has 82 valence electrons. The average Bonchev–Trinajstić information content (AvgIpc) is 2.23. The van der Waals surface area contributed by atoms with Gasteiger partial charge in [-0.3, -0.25) is 4.79 Å². The highest BCUT2D eigenvalue weighted by molar-refractivity contribution is 5.87. The Bertz CT molecular complexity index is 189. The molecule has 1 aliphatic heterocycles. The van der Waals surface area contributed by atoms with Crippen molar-refractivity contribution < 1.29 is 4.79 Å². The first kappa shape index (κ1) is 13.2. The first-order valence-corrected chi connectivity index (χ1v) is 5.58. The van der Waals surface area contributed by atoms with Crippen LogP contribution < -0.4 is 0 Å². The molecule has 0 aromatic heterocycles. The molecule has 1 rings (SSSR count). The monoisotopic (exact) mass is 197 g/mol. The molecule has 0 N–H and O–H groups in total. The number of piperidine rings is 1. The second-order valence-corrected chi connectivity index (χ2v) is 3.73. The standard InChI is InChI=1S/C10H17NO.C2H6/c1-4-10(12)11-7-8(2)5-6-9(11)3;1-2/h4,8-9H,1,5-7H2,2-3H3;1-2H3/t8-,9+;/m1./s1. The summed E-state index contributed by atoms with van der Waals surface area (Å²) in [6.07, 6.45) is 3.78. The third kappa shape index (κ3) is 3.52. The number of carbonyl (C=O) groups excluding carboxylic acids is 1. The fraction of sp³-hybridized carbons (Fsp3) is 0.750. The van der Waals surface area contributed by atoms with Crippen LogP contribution in [0.3, 0.4) is 0 Å². The molecule has 0 aromatic rings. The normalized spacial score (nSPS) is 26.1. The summed E-state index contributed by atoms with van der Waals surface area (Å²) in [4.78, 5) is 13.2. The molecule has 0 aromatic carbocycles. The van der Waals surface area contributed by atoms with Gasteiger partial charge in [-0.25, -0.2) is 0 Å². The molecule has 0 spiro atoms. The molecule has 0 unspecified atom stereocenters. The molecule has 1 heterocycles. The van der Waals surface area contributed by atoms with Gasteiger partial charge >= 0.3 is 0 Å². The van der Waals surface area contributed by atoms with Gasteiger partial charge in [-0.2, -0.15) is 0 Å². The van der Waals surface area contributed by atoms with Crippen molar-refractivity contribution >= 4 is 5.91 Å². The maximum absolute atomic E-state index is 11.3. The molecule has 1 saturated heterocycles. The van der Waals surface area contributed by atoms with E-state index in [9.17, 15) is 4.79 Å². The van der Waals surface area contributed by atoms with E-state index in [1.807, 2.05) is 18.7 Å². The highest BCUT2D eigenvalue weighted by Gasteiger charge is 2.24. The van der Waals surface area contributed by atoms with E-state index in [0.29, 0.717) is 12.0 Å². The van der Waals surface area contributed by atoms with E-state index < -0.39 is 0 Å². The van der Waals surface area contributed by atoms with Crippen LogP contribution in [0.2, 0.25) is 0 Å². The number of hydrogen-bond donors (Lipinski definition) is 0. The van der Waals surface area contributed by atoms with Crippen LogP contribution in [0.25, 0.3) is 0 Å². The van der Waals surface area contributed by atoms with Gasteiger partial charge in [0.15, 0.2) is 0 Å². The van der Waals surface area contributed by atoms with Crippen LogP contribution in [0.4, 0.5) is 0 Å². The van der Waals surface area contributed by atoms with Crippen LogP contribution in [0.15, 0.2) is 12.7 Å². The van der Waals surface area contributed by atoms with Gasteiger partial charge in [0.25, 0.3) is 0 Å². The van der Waals surface area contributed by atoms with Crippen LogP contribution in [0, 0.1) is 5.92 Å². The number of carbonyl (C=O) groups is 1. The van der Waals surface area contributed by atoms with Crippen LogP contribution in [-0.4, -0.2) is 23.4 Å². The fourth-order valence-corrected chi connectivity index (χ4v) is 1.71. The Kier molecular flexibility index (Phi) is 6.26. The lowest BCUT2D eigenvalue weighted by molar-refractivity contribution is -0.130. The topological polar surface area (TPSA) is 20.3 Å². The third-order valence-electron chi connectivity index (χ3n) is 2.58. The fourth-order valence-electron chi connectivity index (χ4n) is 1.71. The van der Waals surface area contributed by atoms with Crippen molar-refractivity contribution in [3.63, 3.8) is 0 Å². The molecule has 0 aliphatic carbocycles. The van der Waals surface area contributed by atoms with Crippen molar-refractivity contribution in [2.24, 2.45) is 5.92 Å². The van der Waals surface area contributed by atoms with E-state index in [-0.39, 0.29) is 5.91 Å². The van der Waals surface area contributed by atoms with Crippen molar-refractivity contribution in [3.05, 3.63) is 12.7 Å². The summed E-state index contributed by atoms with van der Waals surface area (Å²) in [5.41, 5.74) is 0. The Hall–Kier alpha value is -0.790. The first-order valence-electron chi connectivity index (χ1n) is 5.58. The van der Waals surface area contributed by atoms with Gasteiger partial charge in [0, 0.05) is 12.6 Å². The number of nitrogens with zero attached hydrogens (tertiary/aromatic N) is 1. The Morgan fingerprint density at radius 2 is 1.93 bits per heavy atom. The third-order valence-corrected chi connectivity index (χ3v) is 2.58. The van der Waals surface area contributed by atoms with E-state index in [1.165, 1.54) is 12.5 Å². The lowest BCUT2D eigenvalue weighted by Crippen LogP contribution is -2.44. The Morgan fingerprint density at radius 3 is 2.43 bits per heavy atom. The number of rotatable bonds is 1. The van der Waals surface area contributed by atoms with E-state index in [0.717, 1.165) is 13.0 Å². The molecule has 0 bridgehead atoms. The highest BCUT2D eigenvalue weighted by Crippen LogP contribution is 2.21. The maximum atomic E-state index is 11.3. The van der Waals surface area contributed by atoms with E-state index in [2.05, 4.69) is 20.4 Å². The first-order chi connectivity index (χ1) is 6.65. The molecular weight excluding hydrogens is 174 g/mol. The van der Waals surface area contributed by atoms with Crippen molar-refractivity contribution in [2.45, 2.75) is 46.6 Å². The van der Waals surface area contributed by atoms with Gasteiger partial charge in [0.1, 0.15) is 0 Å². The summed E-state index contributed by atoms with van der Waals surface area (Å²) in [7, 11) is 0.